The number of hydrogen-bond donors (Lipinski definition) is 2. The Hall–Kier alpha value is -2.26. The molecule has 1 aromatic carbocycles. The average molecular weight is 390 g/mol. The molecule has 0 unspecified atom stereocenters. The van der Waals surface area contributed by atoms with E-state index in [1.807, 2.05) is 30.3 Å². The second-order valence-electron chi connectivity index (χ2n) is 5.54. The largest absolute Gasteiger partial charge is 0.329 e. The Labute approximate surface area is 158 Å². The summed E-state index contributed by atoms with van der Waals surface area (Å²) in [6.07, 6.45) is 0.609. The van der Waals surface area contributed by atoms with E-state index in [1.165, 1.54) is 22.4 Å². The van der Waals surface area contributed by atoms with Gasteiger partial charge in [0.05, 0.1) is 12.3 Å². The van der Waals surface area contributed by atoms with Crippen molar-refractivity contribution in [1.82, 2.24) is 9.55 Å². The smallest absolute Gasteiger partial charge is 0.311 e. The summed E-state index contributed by atoms with van der Waals surface area (Å²) in [7, 11) is 0. The van der Waals surface area contributed by atoms with Gasteiger partial charge in [-0.1, -0.05) is 53.9 Å². The van der Waals surface area contributed by atoms with Crippen molar-refractivity contribution in [2.45, 2.75) is 13.0 Å². The zero-order valence-corrected chi connectivity index (χ0v) is 15.6. The van der Waals surface area contributed by atoms with E-state index in [0.29, 0.717) is 13.0 Å². The number of thioether (sulfide) groups is 2. The van der Waals surface area contributed by atoms with E-state index in [0.717, 1.165) is 22.2 Å². The van der Waals surface area contributed by atoms with Crippen LogP contribution in [0.5, 0.6) is 0 Å². The molecule has 1 aliphatic heterocycles. The number of anilines is 1. The van der Waals surface area contributed by atoms with Crippen molar-refractivity contribution in [1.29, 1.82) is 0 Å². The molecule has 1 aliphatic rings. The topological polar surface area (TPSA) is 96.3 Å². The number of aliphatic imine (C=N–C) groups is 1. The lowest BCUT2D eigenvalue weighted by Crippen LogP contribution is -2.33. The lowest BCUT2D eigenvalue weighted by atomic mass is 10.1. The van der Waals surface area contributed by atoms with E-state index in [2.05, 4.69) is 15.3 Å². The van der Waals surface area contributed by atoms with Crippen LogP contribution >= 0.6 is 23.5 Å². The van der Waals surface area contributed by atoms with Crippen LogP contribution in [-0.4, -0.2) is 37.9 Å². The highest BCUT2D eigenvalue weighted by Crippen LogP contribution is 2.22. The standard InChI is InChI=1S/C17H18N4O3S2/c22-14-10-13(19-15(23)11-26-17-18-7-9-25-17)21(16(24)20-14)8-6-12-4-2-1-3-5-12/h1-5,10H,6-9,11H2,(H,19,23)(H,20,22,24). The third kappa shape index (κ3) is 5.12. The first-order valence-corrected chi connectivity index (χ1v) is 10.1. The molecule has 2 aromatic rings. The summed E-state index contributed by atoms with van der Waals surface area (Å²) in [4.78, 5) is 42.5. The molecular formula is C17H18N4O3S2. The van der Waals surface area contributed by atoms with Crippen LogP contribution < -0.4 is 16.6 Å². The lowest BCUT2D eigenvalue weighted by Gasteiger charge is -2.13. The Bertz CT molecular complexity index is 922. The van der Waals surface area contributed by atoms with Crippen molar-refractivity contribution >= 4 is 39.6 Å². The summed E-state index contributed by atoms with van der Waals surface area (Å²) in [5.41, 5.74) is -0.00792. The van der Waals surface area contributed by atoms with Crippen molar-refractivity contribution in [2.75, 3.05) is 23.4 Å². The highest BCUT2D eigenvalue weighted by Gasteiger charge is 2.13. The van der Waals surface area contributed by atoms with Gasteiger partial charge in [0.2, 0.25) is 5.91 Å². The van der Waals surface area contributed by atoms with Crippen molar-refractivity contribution in [2.24, 2.45) is 4.99 Å². The molecule has 7 nitrogen and oxygen atoms in total. The summed E-state index contributed by atoms with van der Waals surface area (Å²) in [6.45, 7) is 1.13. The molecule has 0 atom stereocenters. The molecule has 2 heterocycles. The Kier molecular flexibility index (Phi) is 6.35. The maximum atomic E-state index is 12.2. The van der Waals surface area contributed by atoms with Gasteiger partial charge in [-0.3, -0.25) is 24.1 Å². The Morgan fingerprint density at radius 1 is 1.31 bits per heavy atom. The number of nitrogens with one attached hydrogen (secondary N) is 2. The summed E-state index contributed by atoms with van der Waals surface area (Å²) in [5, 5.41) is 2.67. The average Bonchev–Trinajstić information content (AvgIpc) is 3.13. The zero-order chi connectivity index (χ0) is 18.4. The number of aryl methyl sites for hydroxylation is 1. The Morgan fingerprint density at radius 2 is 2.12 bits per heavy atom. The van der Waals surface area contributed by atoms with E-state index in [-0.39, 0.29) is 17.5 Å². The molecule has 0 saturated carbocycles. The van der Waals surface area contributed by atoms with Gasteiger partial charge in [0.15, 0.2) is 0 Å². The molecule has 0 fully saturated rings. The number of H-pyrrole nitrogens is 1. The number of carbonyl (C=O) groups excluding carboxylic acids is 1. The predicted octanol–water partition coefficient (Wildman–Crippen LogP) is 1.55. The number of carbonyl (C=O) groups is 1. The number of benzene rings is 1. The molecule has 0 saturated heterocycles. The fourth-order valence-electron chi connectivity index (χ4n) is 2.44. The normalized spacial score (nSPS) is 13.5. The van der Waals surface area contributed by atoms with E-state index in [1.54, 1.807) is 11.8 Å². The maximum Gasteiger partial charge on any atom is 0.329 e. The summed E-state index contributed by atoms with van der Waals surface area (Å²) in [5.74, 6) is 1.06. The van der Waals surface area contributed by atoms with Crippen molar-refractivity contribution < 1.29 is 4.79 Å². The fraction of sp³-hybridized carbons (Fsp3) is 0.294. The number of hydrogen-bond acceptors (Lipinski definition) is 6. The van der Waals surface area contributed by atoms with Crippen LogP contribution in [0.1, 0.15) is 5.56 Å². The second-order valence-corrected chi connectivity index (χ2v) is 7.85. The minimum Gasteiger partial charge on any atom is -0.311 e. The number of amides is 1. The molecule has 0 radical (unpaired) electrons. The van der Waals surface area contributed by atoms with Crippen LogP contribution in [0.2, 0.25) is 0 Å². The molecule has 2 N–H and O–H groups in total. The lowest BCUT2D eigenvalue weighted by molar-refractivity contribution is -0.113. The predicted molar refractivity (Wildman–Crippen MR) is 107 cm³/mol. The van der Waals surface area contributed by atoms with Gasteiger partial charge < -0.3 is 5.32 Å². The highest BCUT2D eigenvalue weighted by atomic mass is 32.2. The molecule has 9 heteroatoms. The van der Waals surface area contributed by atoms with Gasteiger partial charge in [0, 0.05) is 18.4 Å². The molecule has 26 heavy (non-hydrogen) atoms. The first kappa shape index (κ1) is 18.5. The second kappa shape index (κ2) is 8.91. The Morgan fingerprint density at radius 3 is 2.85 bits per heavy atom. The maximum absolute atomic E-state index is 12.2. The van der Waals surface area contributed by atoms with Crippen LogP contribution in [0.3, 0.4) is 0 Å². The molecule has 3 rings (SSSR count). The SMILES string of the molecule is O=C(CSC1=NCCS1)Nc1cc(=O)[nH]c(=O)n1CCc1ccccc1. The van der Waals surface area contributed by atoms with Gasteiger partial charge in [0.25, 0.3) is 5.56 Å². The van der Waals surface area contributed by atoms with Crippen molar-refractivity contribution in [3.8, 4) is 0 Å². The van der Waals surface area contributed by atoms with E-state index in [4.69, 9.17) is 0 Å². The molecular weight excluding hydrogens is 372 g/mol. The first-order chi connectivity index (χ1) is 12.6. The summed E-state index contributed by atoms with van der Waals surface area (Å²) in [6, 6.07) is 10.9. The third-order valence-electron chi connectivity index (χ3n) is 3.65. The minimum atomic E-state index is -0.537. The molecule has 0 aliphatic carbocycles. The molecule has 136 valence electrons. The molecule has 1 aromatic heterocycles. The molecule has 0 bridgehead atoms. The quantitative estimate of drug-likeness (QED) is 0.780. The van der Waals surface area contributed by atoms with Crippen molar-refractivity contribution in [3.63, 3.8) is 0 Å². The van der Waals surface area contributed by atoms with Crippen LogP contribution in [0, 0.1) is 0 Å². The monoisotopic (exact) mass is 390 g/mol. The van der Waals surface area contributed by atoms with Crippen LogP contribution in [0.4, 0.5) is 5.82 Å². The van der Waals surface area contributed by atoms with Gasteiger partial charge in [-0.15, -0.1) is 0 Å². The number of nitrogens with zero attached hydrogens (tertiary/aromatic N) is 2. The fourth-order valence-corrected chi connectivity index (χ4v) is 4.25. The van der Waals surface area contributed by atoms with E-state index >= 15 is 0 Å². The highest BCUT2D eigenvalue weighted by molar-refractivity contribution is 8.39. The molecule has 1 amide bonds. The number of aromatic amines is 1. The van der Waals surface area contributed by atoms with Gasteiger partial charge in [-0.2, -0.15) is 0 Å². The summed E-state index contributed by atoms with van der Waals surface area (Å²) >= 11 is 2.99. The van der Waals surface area contributed by atoms with Gasteiger partial charge in [-0.25, -0.2) is 4.79 Å². The third-order valence-corrected chi connectivity index (χ3v) is 5.91. The first-order valence-electron chi connectivity index (χ1n) is 8.10. The van der Waals surface area contributed by atoms with Crippen LogP contribution in [-0.2, 0) is 17.8 Å². The number of aromatic nitrogens is 2. The minimum absolute atomic E-state index is 0.186. The van der Waals surface area contributed by atoms with E-state index < -0.39 is 11.2 Å². The van der Waals surface area contributed by atoms with Gasteiger partial charge >= 0.3 is 5.69 Å². The number of rotatable bonds is 6. The van der Waals surface area contributed by atoms with E-state index in [9.17, 15) is 14.4 Å². The van der Waals surface area contributed by atoms with Crippen LogP contribution in [0.25, 0.3) is 0 Å². The van der Waals surface area contributed by atoms with Gasteiger partial charge in [-0.05, 0) is 12.0 Å². The van der Waals surface area contributed by atoms with Gasteiger partial charge in [0.1, 0.15) is 10.2 Å². The summed E-state index contributed by atoms with van der Waals surface area (Å²) < 4.78 is 2.27. The Balaban J connectivity index is 1.69. The van der Waals surface area contributed by atoms with Crippen LogP contribution in [0.15, 0.2) is 51.0 Å². The van der Waals surface area contributed by atoms with Crippen molar-refractivity contribution in [3.05, 3.63) is 62.8 Å². The zero-order valence-electron chi connectivity index (χ0n) is 13.9. The molecule has 0 spiro atoms.